The van der Waals surface area contributed by atoms with Crippen molar-refractivity contribution in [3.8, 4) is 0 Å². The van der Waals surface area contributed by atoms with Crippen LogP contribution in [-0.4, -0.2) is 6.04 Å². The van der Waals surface area contributed by atoms with Crippen molar-refractivity contribution in [3.05, 3.63) is 0 Å². The van der Waals surface area contributed by atoms with Crippen LogP contribution in [0.1, 0.15) is 39.5 Å². The molecule has 1 heteroatoms. The van der Waals surface area contributed by atoms with E-state index in [0.29, 0.717) is 11.5 Å². The van der Waals surface area contributed by atoms with Crippen molar-refractivity contribution in [1.82, 2.24) is 0 Å². The molecule has 0 heterocycles. The molecular weight excluding hydrogens is 134 g/mol. The van der Waals surface area contributed by atoms with Gasteiger partial charge in [0.2, 0.25) is 0 Å². The summed E-state index contributed by atoms with van der Waals surface area (Å²) in [5, 5.41) is 0. The van der Waals surface area contributed by atoms with Crippen molar-refractivity contribution in [2.75, 3.05) is 0 Å². The van der Waals surface area contributed by atoms with Crippen molar-refractivity contribution in [3.63, 3.8) is 0 Å². The van der Waals surface area contributed by atoms with Crippen molar-refractivity contribution in [2.24, 2.45) is 23.0 Å². The van der Waals surface area contributed by atoms with Crippen LogP contribution in [0.25, 0.3) is 0 Å². The summed E-state index contributed by atoms with van der Waals surface area (Å²) in [5.74, 6) is 1.79. The van der Waals surface area contributed by atoms with Crippen LogP contribution in [0.2, 0.25) is 0 Å². The summed E-state index contributed by atoms with van der Waals surface area (Å²) in [6.45, 7) is 4.79. The number of rotatable bonds is 0. The Morgan fingerprint density at radius 1 is 1.36 bits per heavy atom. The van der Waals surface area contributed by atoms with Gasteiger partial charge in [-0.3, -0.25) is 0 Å². The molecule has 11 heavy (non-hydrogen) atoms. The first-order valence-electron chi connectivity index (χ1n) is 4.92. The van der Waals surface area contributed by atoms with Gasteiger partial charge in [-0.25, -0.2) is 0 Å². The molecule has 0 aliphatic heterocycles. The summed E-state index contributed by atoms with van der Waals surface area (Å²) >= 11 is 0. The maximum atomic E-state index is 5.98. The molecule has 0 bridgehead atoms. The zero-order valence-corrected chi connectivity index (χ0v) is 7.64. The van der Waals surface area contributed by atoms with E-state index < -0.39 is 0 Å². The highest BCUT2D eigenvalue weighted by molar-refractivity contribution is 5.10. The Hall–Kier alpha value is -0.0400. The van der Waals surface area contributed by atoms with Crippen LogP contribution >= 0.6 is 0 Å². The SMILES string of the molecule is CC1CCCC2(CC2N)C1C. The van der Waals surface area contributed by atoms with Crippen LogP contribution in [0.3, 0.4) is 0 Å². The smallest absolute Gasteiger partial charge is 0.0105 e. The van der Waals surface area contributed by atoms with Gasteiger partial charge in [-0.05, 0) is 30.1 Å². The fraction of sp³-hybridized carbons (Fsp3) is 1.00. The van der Waals surface area contributed by atoms with Crippen LogP contribution in [0.5, 0.6) is 0 Å². The summed E-state index contributed by atoms with van der Waals surface area (Å²) in [7, 11) is 0. The van der Waals surface area contributed by atoms with Gasteiger partial charge in [-0.2, -0.15) is 0 Å². The lowest BCUT2D eigenvalue weighted by molar-refractivity contribution is 0.156. The van der Waals surface area contributed by atoms with Crippen molar-refractivity contribution >= 4 is 0 Å². The van der Waals surface area contributed by atoms with Gasteiger partial charge >= 0.3 is 0 Å². The normalized spacial score (nSPS) is 56.5. The van der Waals surface area contributed by atoms with Gasteiger partial charge in [-0.15, -0.1) is 0 Å². The van der Waals surface area contributed by atoms with E-state index in [4.69, 9.17) is 5.73 Å². The molecule has 1 nitrogen and oxygen atoms in total. The lowest BCUT2D eigenvalue weighted by Gasteiger charge is -2.35. The predicted molar refractivity (Wildman–Crippen MR) is 47.2 cm³/mol. The third-order valence-corrected chi connectivity index (χ3v) is 4.24. The number of nitrogens with two attached hydrogens (primary N) is 1. The largest absolute Gasteiger partial charge is 0.327 e. The molecule has 0 amide bonds. The van der Waals surface area contributed by atoms with E-state index in [9.17, 15) is 0 Å². The van der Waals surface area contributed by atoms with E-state index in [1.165, 1.54) is 25.7 Å². The van der Waals surface area contributed by atoms with Crippen LogP contribution in [0.4, 0.5) is 0 Å². The van der Waals surface area contributed by atoms with E-state index in [-0.39, 0.29) is 0 Å². The monoisotopic (exact) mass is 153 g/mol. The fourth-order valence-electron chi connectivity index (χ4n) is 2.96. The van der Waals surface area contributed by atoms with Gasteiger partial charge in [0.1, 0.15) is 0 Å². The Morgan fingerprint density at radius 3 is 2.45 bits per heavy atom. The molecule has 4 unspecified atom stereocenters. The van der Waals surface area contributed by atoms with Gasteiger partial charge in [0, 0.05) is 6.04 Å². The lowest BCUT2D eigenvalue weighted by atomic mass is 9.71. The fourth-order valence-corrected chi connectivity index (χ4v) is 2.96. The molecule has 1 spiro atoms. The molecule has 2 aliphatic carbocycles. The van der Waals surface area contributed by atoms with Crippen LogP contribution in [-0.2, 0) is 0 Å². The highest BCUT2D eigenvalue weighted by Gasteiger charge is 2.57. The van der Waals surface area contributed by atoms with Gasteiger partial charge in [0.25, 0.3) is 0 Å². The molecule has 64 valence electrons. The van der Waals surface area contributed by atoms with Gasteiger partial charge in [0.15, 0.2) is 0 Å². The van der Waals surface area contributed by atoms with Crippen LogP contribution in [0, 0.1) is 17.3 Å². The first kappa shape index (κ1) is 7.60. The molecule has 4 atom stereocenters. The highest BCUT2D eigenvalue weighted by Crippen LogP contribution is 2.59. The standard InChI is InChI=1S/C10H19N/c1-7-4-3-5-10(8(7)2)6-9(10)11/h7-9H,3-6,11H2,1-2H3. The van der Waals surface area contributed by atoms with E-state index >= 15 is 0 Å². The molecule has 0 aromatic rings. The molecule has 2 N–H and O–H groups in total. The van der Waals surface area contributed by atoms with E-state index in [1.54, 1.807) is 0 Å². The summed E-state index contributed by atoms with van der Waals surface area (Å²) in [6.07, 6.45) is 5.55. The maximum Gasteiger partial charge on any atom is 0.0105 e. The zero-order chi connectivity index (χ0) is 8.06. The molecule has 0 aromatic carbocycles. The maximum absolute atomic E-state index is 5.98. The molecule has 0 aromatic heterocycles. The quantitative estimate of drug-likeness (QED) is 0.567. The molecular formula is C10H19N. The Labute approximate surface area is 69.4 Å². The van der Waals surface area contributed by atoms with Gasteiger partial charge in [-0.1, -0.05) is 26.7 Å². The molecule has 2 aliphatic rings. The minimum atomic E-state index is 0.542. The molecule has 2 fully saturated rings. The van der Waals surface area contributed by atoms with Gasteiger partial charge in [0.05, 0.1) is 0 Å². The highest BCUT2D eigenvalue weighted by atomic mass is 14.8. The van der Waals surface area contributed by atoms with E-state index in [1.807, 2.05) is 0 Å². The summed E-state index contributed by atoms with van der Waals surface area (Å²) in [6, 6.07) is 0.542. The van der Waals surface area contributed by atoms with Crippen molar-refractivity contribution in [1.29, 1.82) is 0 Å². The summed E-state index contributed by atoms with van der Waals surface area (Å²) in [5.41, 5.74) is 6.58. The Bertz CT molecular complexity index is 166. The minimum Gasteiger partial charge on any atom is -0.327 e. The molecule has 2 rings (SSSR count). The molecule has 0 saturated heterocycles. The second-order valence-corrected chi connectivity index (χ2v) is 4.70. The summed E-state index contributed by atoms with van der Waals surface area (Å²) < 4.78 is 0. The lowest BCUT2D eigenvalue weighted by Crippen LogP contribution is -2.30. The second kappa shape index (κ2) is 2.22. The first-order chi connectivity index (χ1) is 5.17. The second-order valence-electron chi connectivity index (χ2n) is 4.70. The van der Waals surface area contributed by atoms with E-state index in [2.05, 4.69) is 13.8 Å². The van der Waals surface area contributed by atoms with E-state index in [0.717, 1.165) is 11.8 Å². The van der Waals surface area contributed by atoms with Crippen LogP contribution < -0.4 is 5.73 Å². The topological polar surface area (TPSA) is 26.0 Å². The van der Waals surface area contributed by atoms with Crippen molar-refractivity contribution < 1.29 is 0 Å². The predicted octanol–water partition coefficient (Wildman–Crippen LogP) is 2.16. The third-order valence-electron chi connectivity index (χ3n) is 4.24. The third kappa shape index (κ3) is 0.936. The Morgan fingerprint density at radius 2 is 2.00 bits per heavy atom. The number of hydrogen-bond acceptors (Lipinski definition) is 1. The van der Waals surface area contributed by atoms with Gasteiger partial charge < -0.3 is 5.73 Å². The Kier molecular flexibility index (Phi) is 1.54. The molecule has 2 saturated carbocycles. The average molecular weight is 153 g/mol. The Balaban J connectivity index is 2.10. The summed E-state index contributed by atoms with van der Waals surface area (Å²) in [4.78, 5) is 0. The zero-order valence-electron chi connectivity index (χ0n) is 7.64. The first-order valence-corrected chi connectivity index (χ1v) is 4.92. The minimum absolute atomic E-state index is 0.542. The average Bonchev–Trinajstić information content (AvgIpc) is 2.59. The number of hydrogen-bond donors (Lipinski definition) is 1. The molecule has 0 radical (unpaired) electrons. The van der Waals surface area contributed by atoms with Crippen molar-refractivity contribution in [2.45, 2.75) is 45.6 Å². The van der Waals surface area contributed by atoms with Crippen LogP contribution in [0.15, 0.2) is 0 Å².